The van der Waals surface area contributed by atoms with Crippen molar-refractivity contribution in [2.75, 3.05) is 0 Å². The Kier molecular flexibility index (Phi) is 2.04. The molecule has 1 aromatic carbocycles. The summed E-state index contributed by atoms with van der Waals surface area (Å²) in [5, 5.41) is 0.505. The van der Waals surface area contributed by atoms with Gasteiger partial charge in [0.1, 0.15) is 5.82 Å². The molecule has 0 atom stereocenters. The SMILES string of the molecule is Cc1cc(=O)c2cc(Cl)cc(F)c2[nH]1. The van der Waals surface area contributed by atoms with Gasteiger partial charge in [0, 0.05) is 22.2 Å². The van der Waals surface area contributed by atoms with Gasteiger partial charge in [-0.2, -0.15) is 0 Å². The molecule has 72 valence electrons. The van der Waals surface area contributed by atoms with Crippen molar-refractivity contribution in [2.45, 2.75) is 6.92 Å². The van der Waals surface area contributed by atoms with Gasteiger partial charge in [0.25, 0.3) is 0 Å². The molecule has 0 radical (unpaired) electrons. The predicted molar refractivity (Wildman–Crippen MR) is 54.3 cm³/mol. The molecular weight excluding hydrogens is 205 g/mol. The quantitative estimate of drug-likeness (QED) is 0.714. The van der Waals surface area contributed by atoms with E-state index < -0.39 is 5.82 Å². The highest BCUT2D eigenvalue weighted by Gasteiger charge is 2.06. The highest BCUT2D eigenvalue weighted by atomic mass is 35.5. The summed E-state index contributed by atoms with van der Waals surface area (Å²) in [6, 6.07) is 4.05. The summed E-state index contributed by atoms with van der Waals surface area (Å²) in [6.45, 7) is 1.70. The first-order valence-electron chi connectivity index (χ1n) is 4.06. The van der Waals surface area contributed by atoms with Crippen LogP contribution in [0.25, 0.3) is 10.9 Å². The Bertz CT molecular complexity index is 562. The third-order valence-corrected chi connectivity index (χ3v) is 2.21. The molecule has 0 amide bonds. The largest absolute Gasteiger partial charge is 0.356 e. The van der Waals surface area contributed by atoms with Crippen LogP contribution in [0.15, 0.2) is 23.0 Å². The molecule has 2 rings (SSSR count). The van der Waals surface area contributed by atoms with Crippen LogP contribution in [-0.4, -0.2) is 4.98 Å². The van der Waals surface area contributed by atoms with E-state index in [1.165, 1.54) is 18.2 Å². The van der Waals surface area contributed by atoms with Crippen LogP contribution in [-0.2, 0) is 0 Å². The Balaban J connectivity index is 3.02. The molecule has 0 bridgehead atoms. The topological polar surface area (TPSA) is 32.9 Å². The summed E-state index contributed by atoms with van der Waals surface area (Å²) in [6.07, 6.45) is 0. The number of rotatable bonds is 0. The van der Waals surface area contributed by atoms with Gasteiger partial charge in [-0.15, -0.1) is 0 Å². The van der Waals surface area contributed by atoms with Crippen molar-refractivity contribution in [3.8, 4) is 0 Å². The fourth-order valence-corrected chi connectivity index (χ4v) is 1.61. The minimum Gasteiger partial charge on any atom is -0.356 e. The first kappa shape index (κ1) is 9.21. The van der Waals surface area contributed by atoms with Crippen LogP contribution in [0.3, 0.4) is 0 Å². The van der Waals surface area contributed by atoms with Crippen molar-refractivity contribution in [3.05, 3.63) is 45.0 Å². The standard InChI is InChI=1S/C10H7ClFNO/c1-5-2-9(14)7-3-6(11)4-8(12)10(7)13-5/h2-4H,1H3,(H,13,14). The third kappa shape index (κ3) is 1.40. The number of halogens is 2. The van der Waals surface area contributed by atoms with Crippen molar-refractivity contribution in [3.63, 3.8) is 0 Å². The molecular formula is C10H7ClFNO. The molecule has 1 N–H and O–H groups in total. The van der Waals surface area contributed by atoms with Gasteiger partial charge in [0.2, 0.25) is 0 Å². The zero-order valence-electron chi connectivity index (χ0n) is 7.40. The summed E-state index contributed by atoms with van der Waals surface area (Å²) in [7, 11) is 0. The number of pyridine rings is 1. The molecule has 4 heteroatoms. The molecule has 0 saturated heterocycles. The second-order valence-electron chi connectivity index (χ2n) is 3.13. The number of aromatic amines is 1. The van der Waals surface area contributed by atoms with E-state index in [1.54, 1.807) is 6.92 Å². The summed E-state index contributed by atoms with van der Waals surface area (Å²) in [5.74, 6) is -0.506. The number of nitrogens with one attached hydrogen (secondary N) is 1. The maximum Gasteiger partial charge on any atom is 0.189 e. The number of hydrogen-bond acceptors (Lipinski definition) is 1. The van der Waals surface area contributed by atoms with Gasteiger partial charge >= 0.3 is 0 Å². The van der Waals surface area contributed by atoms with E-state index in [-0.39, 0.29) is 21.4 Å². The smallest absolute Gasteiger partial charge is 0.189 e. The van der Waals surface area contributed by atoms with Crippen LogP contribution in [0.4, 0.5) is 4.39 Å². The van der Waals surface area contributed by atoms with E-state index in [4.69, 9.17) is 11.6 Å². The average molecular weight is 212 g/mol. The number of aryl methyl sites for hydroxylation is 1. The van der Waals surface area contributed by atoms with Gasteiger partial charge < -0.3 is 4.98 Å². The number of fused-ring (bicyclic) bond motifs is 1. The second kappa shape index (κ2) is 3.10. The lowest BCUT2D eigenvalue weighted by molar-refractivity contribution is 0.636. The fraction of sp³-hybridized carbons (Fsp3) is 0.100. The molecule has 0 aliphatic heterocycles. The Morgan fingerprint density at radius 3 is 2.79 bits per heavy atom. The van der Waals surface area contributed by atoms with E-state index in [2.05, 4.69) is 4.98 Å². The summed E-state index contributed by atoms with van der Waals surface area (Å²) < 4.78 is 13.4. The van der Waals surface area contributed by atoms with Crippen LogP contribution in [0.5, 0.6) is 0 Å². The normalized spacial score (nSPS) is 10.8. The van der Waals surface area contributed by atoms with E-state index in [9.17, 15) is 9.18 Å². The van der Waals surface area contributed by atoms with E-state index in [1.807, 2.05) is 0 Å². The van der Waals surface area contributed by atoms with Gasteiger partial charge in [-0.3, -0.25) is 4.79 Å². The minimum absolute atomic E-state index is 0.208. The maximum atomic E-state index is 13.4. The Morgan fingerprint density at radius 2 is 2.07 bits per heavy atom. The number of hydrogen-bond donors (Lipinski definition) is 1. The number of benzene rings is 1. The van der Waals surface area contributed by atoms with Crippen molar-refractivity contribution < 1.29 is 4.39 Å². The molecule has 1 aromatic heterocycles. The fourth-order valence-electron chi connectivity index (χ4n) is 1.40. The molecule has 0 spiro atoms. The highest BCUT2D eigenvalue weighted by Crippen LogP contribution is 2.18. The molecule has 0 fully saturated rings. The molecule has 2 nitrogen and oxygen atoms in total. The van der Waals surface area contributed by atoms with E-state index in [0.29, 0.717) is 5.69 Å². The lowest BCUT2D eigenvalue weighted by Crippen LogP contribution is -2.04. The maximum absolute atomic E-state index is 13.4. The number of H-pyrrole nitrogens is 1. The molecule has 0 saturated carbocycles. The van der Waals surface area contributed by atoms with Crippen LogP contribution in [0.2, 0.25) is 5.02 Å². The van der Waals surface area contributed by atoms with E-state index in [0.717, 1.165) is 0 Å². The summed E-state index contributed by atoms with van der Waals surface area (Å²) in [4.78, 5) is 14.3. The van der Waals surface area contributed by atoms with E-state index >= 15 is 0 Å². The average Bonchev–Trinajstić information content (AvgIpc) is 2.07. The second-order valence-corrected chi connectivity index (χ2v) is 3.56. The zero-order valence-corrected chi connectivity index (χ0v) is 8.15. The van der Waals surface area contributed by atoms with Crippen molar-refractivity contribution in [1.29, 1.82) is 0 Å². The minimum atomic E-state index is -0.506. The van der Waals surface area contributed by atoms with Gasteiger partial charge in [0.05, 0.1) is 5.52 Å². The van der Waals surface area contributed by atoms with Crippen LogP contribution < -0.4 is 5.43 Å². The molecule has 2 aromatic rings. The van der Waals surface area contributed by atoms with Gasteiger partial charge in [0.15, 0.2) is 5.43 Å². The van der Waals surface area contributed by atoms with Gasteiger partial charge in [-0.25, -0.2) is 4.39 Å². The summed E-state index contributed by atoms with van der Waals surface area (Å²) >= 11 is 5.64. The first-order chi connectivity index (χ1) is 6.58. The highest BCUT2D eigenvalue weighted by molar-refractivity contribution is 6.31. The van der Waals surface area contributed by atoms with Crippen molar-refractivity contribution >= 4 is 22.5 Å². The predicted octanol–water partition coefficient (Wildman–Crippen LogP) is 2.63. The third-order valence-electron chi connectivity index (χ3n) is 1.99. The number of aromatic nitrogens is 1. The monoisotopic (exact) mass is 211 g/mol. The lowest BCUT2D eigenvalue weighted by atomic mass is 10.2. The molecule has 0 aliphatic rings. The van der Waals surface area contributed by atoms with Crippen LogP contribution in [0.1, 0.15) is 5.69 Å². The Labute approximate surface area is 84.3 Å². The van der Waals surface area contributed by atoms with Crippen molar-refractivity contribution in [2.24, 2.45) is 0 Å². The molecule has 0 aliphatic carbocycles. The van der Waals surface area contributed by atoms with Crippen LogP contribution in [0, 0.1) is 12.7 Å². The first-order valence-corrected chi connectivity index (χ1v) is 4.44. The summed E-state index contributed by atoms with van der Waals surface area (Å²) in [5.41, 5.74) is 0.612. The zero-order chi connectivity index (χ0) is 10.3. The molecule has 14 heavy (non-hydrogen) atoms. The molecule has 0 unspecified atom stereocenters. The van der Waals surface area contributed by atoms with Crippen LogP contribution >= 0.6 is 11.6 Å². The Morgan fingerprint density at radius 1 is 1.36 bits per heavy atom. The van der Waals surface area contributed by atoms with Gasteiger partial charge in [-0.05, 0) is 19.1 Å². The Hall–Kier alpha value is -1.35. The van der Waals surface area contributed by atoms with Crippen molar-refractivity contribution in [1.82, 2.24) is 4.98 Å². The molecule has 1 heterocycles. The lowest BCUT2D eigenvalue weighted by Gasteiger charge is -2.01. The van der Waals surface area contributed by atoms with Gasteiger partial charge in [-0.1, -0.05) is 11.6 Å².